The molecule has 0 aliphatic carbocycles. The van der Waals surface area contributed by atoms with Crippen molar-refractivity contribution in [3.63, 3.8) is 0 Å². The number of carboxylic acids is 3. The Hall–Kier alpha value is -3.77. The van der Waals surface area contributed by atoms with E-state index in [1.807, 2.05) is 61.6 Å². The number of nitrogens with one attached hydrogen (secondary N) is 1. The standard InChI is InChI=1S/C22H32O5.C22H34O3.C7H14NO2.C3H6NO2.Ca/c1-2-3-9-14-19(23)15-10-6-4-5-7-11-16-20(24)21(25)17-12-8-13-18-22(26)27;1-3-5-7-14-18-21(24)22(25)19-15-11-9-8-10-13-17-20(23)16-12-6-4-2;1-6(7(9)10)4-2-3-5-8;1-2(4)3(5)6;/h3-12,15-16,19-21,23-25H,2,13-14,17-18H2,1H3,(H,26,27);6-15,17,19-25H,3-5,16,18H2,1-2H3;6H,1-5,8H2,(H,9,10);2,4H,1H3,(H,5,6);/q;;2*-1;+2/p-2/b6-4-,7-5+,9-3-,12-8-,15-10+,16-11+;10-8-,11-9+,12-6-,14-7-,17-13+,19-15+;;;/t19-,20-,21+;20-,21+,22-;6-;2-;/m1100./s1. The first-order chi connectivity index (χ1) is 32.4. The summed E-state index contributed by atoms with van der Waals surface area (Å²) in [7, 11) is 0. The Morgan fingerprint density at radius 3 is 1.25 bits per heavy atom. The zero-order valence-electron chi connectivity index (χ0n) is 41.6. The van der Waals surface area contributed by atoms with Crippen LogP contribution in [0.25, 0.3) is 5.73 Å². The summed E-state index contributed by atoms with van der Waals surface area (Å²) in [5.74, 6) is -4.04. The van der Waals surface area contributed by atoms with E-state index in [1.165, 1.54) is 13.0 Å². The van der Waals surface area contributed by atoms with Crippen LogP contribution in [-0.2, 0) is 14.4 Å². The molecular formula is C54H84CaN2O12-2. The molecule has 0 unspecified atom stereocenters. The van der Waals surface area contributed by atoms with E-state index >= 15 is 0 Å². The van der Waals surface area contributed by atoms with E-state index in [-0.39, 0.29) is 50.6 Å². The molecule has 0 aliphatic rings. The molecule has 0 fully saturated rings. The van der Waals surface area contributed by atoms with Crippen molar-refractivity contribution < 1.29 is 66.1 Å². The number of quaternary nitrogens is 1. The van der Waals surface area contributed by atoms with E-state index in [1.54, 1.807) is 85.1 Å². The molecule has 0 rings (SSSR count). The fourth-order valence-corrected chi connectivity index (χ4v) is 4.51. The van der Waals surface area contributed by atoms with E-state index in [2.05, 4.69) is 26.5 Å². The second-order valence-electron chi connectivity index (χ2n) is 15.1. The molecule has 14 nitrogen and oxygen atoms in total. The summed E-state index contributed by atoms with van der Waals surface area (Å²) >= 11 is 0. The van der Waals surface area contributed by atoms with E-state index in [4.69, 9.17) is 5.73 Å². The van der Waals surface area contributed by atoms with Crippen molar-refractivity contribution in [2.24, 2.45) is 5.92 Å². The van der Waals surface area contributed by atoms with Gasteiger partial charge in [-0.3, -0.25) is 0 Å². The first-order valence-electron chi connectivity index (χ1n) is 23.4. The van der Waals surface area contributed by atoms with Gasteiger partial charge in [-0.25, -0.2) is 0 Å². The molecule has 69 heavy (non-hydrogen) atoms. The van der Waals surface area contributed by atoms with E-state index < -0.39 is 66.5 Å². The van der Waals surface area contributed by atoms with Crippen LogP contribution in [0.5, 0.6) is 0 Å². The Kier molecular flexibility index (Phi) is 61.1. The third kappa shape index (κ3) is 62.2. The van der Waals surface area contributed by atoms with Crippen LogP contribution in [0.3, 0.4) is 0 Å². The van der Waals surface area contributed by atoms with Crippen molar-refractivity contribution >= 4 is 55.6 Å². The van der Waals surface area contributed by atoms with Gasteiger partial charge in [-0.15, -0.1) is 12.0 Å². The van der Waals surface area contributed by atoms with Crippen LogP contribution < -0.4 is 21.1 Å². The van der Waals surface area contributed by atoms with Gasteiger partial charge in [0.2, 0.25) is 0 Å². The number of hydrogen-bond acceptors (Lipinski definition) is 12. The molecule has 0 aromatic carbocycles. The number of unbranched alkanes of at least 4 members (excludes halogenated alkanes) is 2. The van der Waals surface area contributed by atoms with Crippen LogP contribution in [0.15, 0.2) is 146 Å². The normalized spacial score (nSPS) is 15.8. The summed E-state index contributed by atoms with van der Waals surface area (Å²) in [6, 6.07) is -1.09. The molecule has 0 saturated carbocycles. The van der Waals surface area contributed by atoms with Crippen molar-refractivity contribution in [3.8, 4) is 0 Å². The van der Waals surface area contributed by atoms with Gasteiger partial charge in [-0.05, 0) is 70.6 Å². The van der Waals surface area contributed by atoms with Crippen LogP contribution in [0, 0.1) is 12.8 Å². The molecule has 0 aromatic heterocycles. The predicted molar refractivity (Wildman–Crippen MR) is 274 cm³/mol. The zero-order chi connectivity index (χ0) is 52.2. The van der Waals surface area contributed by atoms with Crippen LogP contribution in [0.4, 0.5) is 0 Å². The fraction of sp³-hybridized carbons (Fsp3) is 0.481. The maximum absolute atomic E-state index is 10.2. The van der Waals surface area contributed by atoms with Gasteiger partial charge >= 0.3 is 37.7 Å². The molecule has 0 radical (unpaired) electrons. The Bertz CT molecular complexity index is 1590. The summed E-state index contributed by atoms with van der Waals surface area (Å²) in [5.41, 5.74) is 10.0. The molecular weight excluding hydrogens is 909 g/mol. The van der Waals surface area contributed by atoms with E-state index in [0.29, 0.717) is 32.1 Å². The number of aliphatic hydroxyl groups excluding tert-OH is 6. The van der Waals surface area contributed by atoms with E-state index in [0.717, 1.165) is 45.1 Å². The third-order valence-corrected chi connectivity index (χ3v) is 8.54. The Balaban J connectivity index is -0.000000298. The Morgan fingerprint density at radius 1 is 0.551 bits per heavy atom. The largest absolute Gasteiger partial charge is 2.00 e. The summed E-state index contributed by atoms with van der Waals surface area (Å²) in [6.45, 7) is 11.7. The summed E-state index contributed by atoms with van der Waals surface area (Å²) < 4.78 is 0. The number of allylic oxidation sites excluding steroid dienone is 16. The van der Waals surface area contributed by atoms with Gasteiger partial charge < -0.3 is 78.7 Å². The SMILES string of the molecule is CC/C=C\C[C@@H](O)/C=C/C=C\C=C\C=C\[C@@H](O)[C@@H](O)C/C=C\CCC.CC/C=C\C[C@@H](O)/C=C/C=C\C=C\C=C\[C@@H](O)[C@@H](O)C/C=C\CCC(=O)[O-].C[C@H]([NH-])C(=O)[O-].[CH2-][C@@H](CCCC[NH3+])C(=O)[O-].[Ca+2]. The second kappa shape index (κ2) is 56.8. The number of carboxylic acid groups (broad SMARTS) is 3. The number of hydrogen-bond donors (Lipinski definition) is 7. The molecule has 0 spiro atoms. The van der Waals surface area contributed by atoms with Crippen molar-refractivity contribution in [1.82, 2.24) is 0 Å². The number of rotatable bonds is 33. The maximum Gasteiger partial charge on any atom is 2.00 e. The molecule has 15 heteroatoms. The minimum absolute atomic E-state index is 0. The van der Waals surface area contributed by atoms with Gasteiger partial charge in [-0.1, -0.05) is 186 Å². The first kappa shape index (κ1) is 74.2. The molecule has 0 heterocycles. The molecule has 8 atom stereocenters. The third-order valence-electron chi connectivity index (χ3n) is 8.54. The predicted octanol–water partition coefficient (Wildman–Crippen LogP) is 3.92. The summed E-state index contributed by atoms with van der Waals surface area (Å²) in [4.78, 5) is 29.7. The van der Waals surface area contributed by atoms with E-state index in [9.17, 15) is 60.3 Å². The fourth-order valence-electron chi connectivity index (χ4n) is 4.51. The van der Waals surface area contributed by atoms with Gasteiger partial charge in [0, 0.05) is 17.9 Å². The van der Waals surface area contributed by atoms with Crippen molar-refractivity contribution in [3.05, 3.63) is 158 Å². The van der Waals surface area contributed by atoms with Crippen LogP contribution >= 0.6 is 0 Å². The van der Waals surface area contributed by atoms with Crippen LogP contribution in [0.2, 0.25) is 0 Å². The van der Waals surface area contributed by atoms with Crippen LogP contribution in [-0.4, -0.2) is 135 Å². The van der Waals surface area contributed by atoms with Crippen LogP contribution in [0.1, 0.15) is 111 Å². The van der Waals surface area contributed by atoms with Gasteiger partial charge in [0.1, 0.15) is 0 Å². The molecule has 0 aliphatic heterocycles. The minimum Gasteiger partial charge on any atom is -0.670 e. The molecule has 0 saturated heterocycles. The quantitative estimate of drug-likeness (QED) is 0.0162. The maximum atomic E-state index is 10.2. The Morgan fingerprint density at radius 2 is 0.913 bits per heavy atom. The molecule has 386 valence electrons. The smallest absolute Gasteiger partial charge is 0.670 e. The first-order valence-corrected chi connectivity index (χ1v) is 23.4. The van der Waals surface area contributed by atoms with Gasteiger partial charge in [0.25, 0.3) is 0 Å². The minimum atomic E-state index is -1.32. The van der Waals surface area contributed by atoms with Crippen molar-refractivity contribution in [1.29, 1.82) is 0 Å². The number of aliphatic carboxylic acids is 3. The molecule has 10 N–H and O–H groups in total. The molecule has 0 aromatic rings. The van der Waals surface area contributed by atoms with Gasteiger partial charge in [0.15, 0.2) is 0 Å². The summed E-state index contributed by atoms with van der Waals surface area (Å²) in [5, 5.41) is 88.2. The van der Waals surface area contributed by atoms with Gasteiger partial charge in [-0.2, -0.15) is 0 Å². The van der Waals surface area contributed by atoms with Gasteiger partial charge in [0.05, 0.1) is 43.2 Å². The topological polar surface area (TPSA) is 293 Å². The summed E-state index contributed by atoms with van der Waals surface area (Å²) in [6.07, 6.45) is 47.1. The number of aliphatic hydroxyl groups is 6. The molecule has 0 amide bonds. The number of carbonyl (C=O) groups excluding carboxylic acids is 3. The average Bonchev–Trinajstić information content (AvgIpc) is 3.29. The number of carbonyl (C=O) groups is 3. The van der Waals surface area contributed by atoms with Crippen molar-refractivity contribution in [2.45, 2.75) is 154 Å². The second-order valence-corrected chi connectivity index (χ2v) is 15.1. The Labute approximate surface area is 443 Å². The average molecular weight is 993 g/mol. The monoisotopic (exact) mass is 993 g/mol. The zero-order valence-corrected chi connectivity index (χ0v) is 43.8. The van der Waals surface area contributed by atoms with Crippen molar-refractivity contribution in [2.75, 3.05) is 6.54 Å². The molecule has 0 bridgehead atoms.